The number of anilines is 1. The van der Waals surface area contributed by atoms with Crippen molar-refractivity contribution in [2.75, 3.05) is 11.9 Å². The van der Waals surface area contributed by atoms with Crippen molar-refractivity contribution in [3.05, 3.63) is 53.3 Å². The van der Waals surface area contributed by atoms with Crippen LogP contribution in [0.1, 0.15) is 40.3 Å². The number of benzene rings is 1. The smallest absolute Gasteiger partial charge is 0.272 e. The number of ketones is 1. The van der Waals surface area contributed by atoms with Gasteiger partial charge in [-0.3, -0.25) is 9.59 Å². The maximum atomic E-state index is 12.3. The van der Waals surface area contributed by atoms with Crippen LogP contribution >= 0.6 is 0 Å². The van der Waals surface area contributed by atoms with Gasteiger partial charge in [-0.15, -0.1) is 0 Å². The maximum absolute atomic E-state index is 12.3. The lowest BCUT2D eigenvalue weighted by molar-refractivity contribution is 0.101. The maximum Gasteiger partial charge on any atom is 0.272 e. The summed E-state index contributed by atoms with van der Waals surface area (Å²) in [5.41, 5.74) is 2.85. The molecule has 0 bridgehead atoms. The first kappa shape index (κ1) is 16.0. The van der Waals surface area contributed by atoms with E-state index in [0.717, 1.165) is 24.3 Å². The Labute approximate surface area is 130 Å². The second kappa shape index (κ2) is 7.04. The second-order valence-electron chi connectivity index (χ2n) is 5.22. The first-order chi connectivity index (χ1) is 10.5. The molecule has 1 aromatic heterocycles. The molecule has 0 aliphatic rings. The van der Waals surface area contributed by atoms with Crippen LogP contribution in [-0.4, -0.2) is 22.8 Å². The first-order valence-corrected chi connectivity index (χ1v) is 7.29. The number of aromatic nitrogens is 1. The number of carbonyl (C=O) groups excluding carboxylic acids is 2. The van der Waals surface area contributed by atoms with Crippen LogP contribution in [0.2, 0.25) is 0 Å². The van der Waals surface area contributed by atoms with Crippen molar-refractivity contribution < 1.29 is 9.59 Å². The summed E-state index contributed by atoms with van der Waals surface area (Å²) in [5, 5.41) is 6.12. The van der Waals surface area contributed by atoms with Gasteiger partial charge in [0.2, 0.25) is 0 Å². The lowest BCUT2D eigenvalue weighted by atomic mass is 10.2. The molecule has 1 heterocycles. The van der Waals surface area contributed by atoms with Crippen LogP contribution in [0.15, 0.2) is 36.5 Å². The van der Waals surface area contributed by atoms with Gasteiger partial charge in [-0.05, 0) is 37.2 Å². The summed E-state index contributed by atoms with van der Waals surface area (Å²) >= 11 is 0. The topological polar surface area (TPSA) is 63.1 Å². The zero-order valence-corrected chi connectivity index (χ0v) is 13.1. The van der Waals surface area contributed by atoms with Crippen LogP contribution in [0, 0.1) is 0 Å². The molecule has 0 spiro atoms. The Kier molecular flexibility index (Phi) is 5.12. The van der Waals surface area contributed by atoms with E-state index in [0.29, 0.717) is 11.3 Å². The molecule has 0 radical (unpaired) electrons. The van der Waals surface area contributed by atoms with Crippen LogP contribution in [0.3, 0.4) is 0 Å². The highest BCUT2D eigenvalue weighted by molar-refractivity contribution is 6.05. The van der Waals surface area contributed by atoms with Crippen LogP contribution in [0.25, 0.3) is 0 Å². The number of nitrogens with one attached hydrogen (secondary N) is 2. The minimum absolute atomic E-state index is 0.0534. The largest absolute Gasteiger partial charge is 0.346 e. The third-order valence-electron chi connectivity index (χ3n) is 3.41. The normalized spacial score (nSPS) is 10.5. The van der Waals surface area contributed by atoms with Crippen LogP contribution < -0.4 is 10.6 Å². The Morgan fingerprint density at radius 2 is 2.00 bits per heavy atom. The fourth-order valence-electron chi connectivity index (χ4n) is 2.21. The summed E-state index contributed by atoms with van der Waals surface area (Å²) in [6.07, 6.45) is 1.67. The molecule has 0 atom stereocenters. The average molecular weight is 299 g/mol. The fourth-order valence-corrected chi connectivity index (χ4v) is 2.21. The number of Topliss-reactive ketones (excluding diaryl/α,β-unsaturated/α-hetero) is 1. The molecule has 22 heavy (non-hydrogen) atoms. The van der Waals surface area contributed by atoms with E-state index in [9.17, 15) is 9.59 Å². The Morgan fingerprint density at radius 3 is 2.64 bits per heavy atom. The molecule has 0 fully saturated rings. The van der Waals surface area contributed by atoms with Gasteiger partial charge in [-0.2, -0.15) is 0 Å². The molecule has 0 saturated carbocycles. The number of nitrogens with zero attached hydrogens (tertiary/aromatic N) is 1. The first-order valence-electron chi connectivity index (χ1n) is 7.29. The van der Waals surface area contributed by atoms with Gasteiger partial charge < -0.3 is 15.2 Å². The van der Waals surface area contributed by atoms with Gasteiger partial charge in [0.15, 0.2) is 5.78 Å². The van der Waals surface area contributed by atoms with Gasteiger partial charge in [-0.1, -0.05) is 19.1 Å². The molecule has 0 aliphatic heterocycles. The number of hydrogen-bond donors (Lipinski definition) is 2. The van der Waals surface area contributed by atoms with E-state index in [1.807, 2.05) is 31.2 Å². The molecule has 5 heteroatoms. The highest BCUT2D eigenvalue weighted by Crippen LogP contribution is 2.14. The summed E-state index contributed by atoms with van der Waals surface area (Å²) in [4.78, 5) is 23.7. The van der Waals surface area contributed by atoms with Crippen molar-refractivity contribution >= 4 is 17.4 Å². The summed E-state index contributed by atoms with van der Waals surface area (Å²) < 4.78 is 1.66. The highest BCUT2D eigenvalue weighted by Gasteiger charge is 2.14. The van der Waals surface area contributed by atoms with E-state index in [1.165, 1.54) is 6.92 Å². The summed E-state index contributed by atoms with van der Waals surface area (Å²) in [6, 6.07) is 9.32. The molecular formula is C17H21N3O2. The standard InChI is InChI=1S/C17H21N3O2/c1-4-18-10-13-6-5-7-15(8-13)19-17(22)16-9-14(12(2)21)11-20(16)3/h5-9,11,18H,4,10H2,1-3H3,(H,19,22). The number of rotatable bonds is 6. The van der Waals surface area contributed by atoms with Crippen molar-refractivity contribution in [2.24, 2.45) is 7.05 Å². The molecule has 2 N–H and O–H groups in total. The Bertz CT molecular complexity index is 689. The molecule has 2 rings (SSSR count). The lowest BCUT2D eigenvalue weighted by Crippen LogP contribution is -2.16. The Balaban J connectivity index is 2.13. The minimum Gasteiger partial charge on any atom is -0.346 e. The Hall–Kier alpha value is -2.40. The molecule has 2 aromatic rings. The summed E-state index contributed by atoms with van der Waals surface area (Å²) in [7, 11) is 1.75. The number of aryl methyl sites for hydroxylation is 1. The zero-order chi connectivity index (χ0) is 16.1. The fraction of sp³-hybridized carbons (Fsp3) is 0.294. The molecule has 0 saturated heterocycles. The monoisotopic (exact) mass is 299 g/mol. The van der Waals surface area contributed by atoms with Gasteiger partial charge in [-0.25, -0.2) is 0 Å². The van der Waals surface area contributed by atoms with Crippen LogP contribution in [-0.2, 0) is 13.6 Å². The predicted molar refractivity (Wildman–Crippen MR) is 87.2 cm³/mol. The van der Waals surface area contributed by atoms with E-state index in [4.69, 9.17) is 0 Å². The van der Waals surface area contributed by atoms with Crippen LogP contribution in [0.4, 0.5) is 5.69 Å². The molecule has 1 aromatic carbocycles. The molecule has 116 valence electrons. The Morgan fingerprint density at radius 1 is 1.23 bits per heavy atom. The number of amides is 1. The van der Waals surface area contributed by atoms with Crippen molar-refractivity contribution in [3.63, 3.8) is 0 Å². The van der Waals surface area contributed by atoms with Crippen LogP contribution in [0.5, 0.6) is 0 Å². The van der Waals surface area contributed by atoms with Gasteiger partial charge >= 0.3 is 0 Å². The quantitative estimate of drug-likeness (QED) is 0.806. The van der Waals surface area contributed by atoms with Gasteiger partial charge in [0.05, 0.1) is 0 Å². The van der Waals surface area contributed by atoms with E-state index in [-0.39, 0.29) is 11.7 Å². The zero-order valence-electron chi connectivity index (χ0n) is 13.1. The van der Waals surface area contributed by atoms with Crippen molar-refractivity contribution in [1.82, 2.24) is 9.88 Å². The SMILES string of the molecule is CCNCc1cccc(NC(=O)c2cc(C(C)=O)cn2C)c1. The third-order valence-corrected chi connectivity index (χ3v) is 3.41. The van der Waals surface area contributed by atoms with Gasteiger partial charge in [0, 0.05) is 31.0 Å². The van der Waals surface area contributed by atoms with Gasteiger partial charge in [0.1, 0.15) is 5.69 Å². The molecule has 1 amide bonds. The second-order valence-corrected chi connectivity index (χ2v) is 5.22. The third kappa shape index (κ3) is 3.83. The average Bonchev–Trinajstić information content (AvgIpc) is 2.88. The number of hydrogen-bond acceptors (Lipinski definition) is 3. The highest BCUT2D eigenvalue weighted by atomic mass is 16.2. The van der Waals surface area contributed by atoms with E-state index >= 15 is 0 Å². The minimum atomic E-state index is -0.226. The molecule has 0 aliphatic carbocycles. The molecular weight excluding hydrogens is 278 g/mol. The van der Waals surface area contributed by atoms with E-state index in [2.05, 4.69) is 10.6 Å². The summed E-state index contributed by atoms with van der Waals surface area (Å²) in [6.45, 7) is 5.20. The van der Waals surface area contributed by atoms with Crippen molar-refractivity contribution in [1.29, 1.82) is 0 Å². The predicted octanol–water partition coefficient (Wildman–Crippen LogP) is 2.59. The summed E-state index contributed by atoms with van der Waals surface area (Å²) in [5.74, 6) is -0.280. The lowest BCUT2D eigenvalue weighted by Gasteiger charge is -2.08. The van der Waals surface area contributed by atoms with E-state index in [1.54, 1.807) is 23.9 Å². The number of carbonyl (C=O) groups is 2. The molecule has 0 unspecified atom stereocenters. The van der Waals surface area contributed by atoms with Crippen molar-refractivity contribution in [3.8, 4) is 0 Å². The van der Waals surface area contributed by atoms with Crippen molar-refractivity contribution in [2.45, 2.75) is 20.4 Å². The van der Waals surface area contributed by atoms with Gasteiger partial charge in [0.25, 0.3) is 5.91 Å². The van der Waals surface area contributed by atoms with E-state index < -0.39 is 0 Å². The molecule has 5 nitrogen and oxygen atoms in total.